The molecular weight excluding hydrogens is 335 g/mol. The molecule has 0 saturated heterocycles. The molecule has 0 bridgehead atoms. The van der Waals surface area contributed by atoms with Crippen LogP contribution in [-0.2, 0) is 12.7 Å². The number of hydrogen-bond donors (Lipinski definition) is 2. The van der Waals surface area contributed by atoms with E-state index in [4.69, 9.17) is 4.74 Å². The van der Waals surface area contributed by atoms with Crippen molar-refractivity contribution in [3.05, 3.63) is 54.0 Å². The first-order valence-electron chi connectivity index (χ1n) is 7.50. The topological polar surface area (TPSA) is 71.4 Å². The van der Waals surface area contributed by atoms with E-state index in [2.05, 4.69) is 25.6 Å². The van der Waals surface area contributed by atoms with E-state index in [9.17, 15) is 13.2 Å². The van der Waals surface area contributed by atoms with Gasteiger partial charge < -0.3 is 15.4 Å². The summed E-state index contributed by atoms with van der Waals surface area (Å²) in [6, 6.07) is 7.71. The standard InChI is InChI=1S/C16H18F3N5O/c1-20-15(24-11-12-5-2-3-7-21-12)23-9-10-25-14-13(16(17,18)19)6-4-8-22-14/h2-8H,9-11H2,1H3,(H2,20,23,24). The van der Waals surface area contributed by atoms with Crippen molar-refractivity contribution in [3.63, 3.8) is 0 Å². The molecular formula is C16H18F3N5O. The SMILES string of the molecule is CN=C(NCCOc1ncccc1C(F)(F)F)NCc1ccccn1. The molecule has 0 spiro atoms. The molecule has 9 heteroatoms. The van der Waals surface area contributed by atoms with Crippen LogP contribution < -0.4 is 15.4 Å². The lowest BCUT2D eigenvalue weighted by atomic mass is 10.2. The van der Waals surface area contributed by atoms with Crippen LogP contribution in [0.1, 0.15) is 11.3 Å². The molecule has 2 aromatic heterocycles. The number of nitrogens with zero attached hydrogens (tertiary/aromatic N) is 3. The molecule has 0 radical (unpaired) electrons. The number of aliphatic imine (C=N–C) groups is 1. The highest BCUT2D eigenvalue weighted by atomic mass is 19.4. The molecule has 2 N–H and O–H groups in total. The Kier molecular flexibility index (Phi) is 6.55. The van der Waals surface area contributed by atoms with Crippen molar-refractivity contribution < 1.29 is 17.9 Å². The van der Waals surface area contributed by atoms with Crippen LogP contribution in [0.4, 0.5) is 13.2 Å². The number of alkyl halides is 3. The normalized spacial score (nSPS) is 11.9. The van der Waals surface area contributed by atoms with E-state index < -0.39 is 17.6 Å². The minimum absolute atomic E-state index is 0.00435. The van der Waals surface area contributed by atoms with Crippen molar-refractivity contribution in [1.29, 1.82) is 0 Å². The fourth-order valence-electron chi connectivity index (χ4n) is 1.94. The van der Waals surface area contributed by atoms with Crippen LogP contribution in [0.3, 0.4) is 0 Å². The zero-order valence-electron chi connectivity index (χ0n) is 13.5. The van der Waals surface area contributed by atoms with Crippen molar-refractivity contribution in [2.24, 2.45) is 4.99 Å². The molecule has 2 aromatic rings. The molecule has 0 saturated carbocycles. The molecule has 0 unspecified atom stereocenters. The minimum Gasteiger partial charge on any atom is -0.475 e. The highest BCUT2D eigenvalue weighted by Crippen LogP contribution is 2.34. The van der Waals surface area contributed by atoms with Gasteiger partial charge in [0.1, 0.15) is 12.2 Å². The van der Waals surface area contributed by atoms with Crippen LogP contribution >= 0.6 is 0 Å². The number of hydrogen-bond acceptors (Lipinski definition) is 4. The molecule has 0 aliphatic heterocycles. The Bertz CT molecular complexity index is 692. The van der Waals surface area contributed by atoms with E-state index in [1.54, 1.807) is 13.2 Å². The van der Waals surface area contributed by atoms with Crippen molar-refractivity contribution in [2.45, 2.75) is 12.7 Å². The number of rotatable bonds is 6. The lowest BCUT2D eigenvalue weighted by Crippen LogP contribution is -2.39. The van der Waals surface area contributed by atoms with Gasteiger partial charge in [0.15, 0.2) is 5.96 Å². The van der Waals surface area contributed by atoms with Gasteiger partial charge in [-0.05, 0) is 24.3 Å². The first-order chi connectivity index (χ1) is 12.0. The molecule has 0 aliphatic rings. The molecule has 25 heavy (non-hydrogen) atoms. The summed E-state index contributed by atoms with van der Waals surface area (Å²) in [7, 11) is 1.59. The third-order valence-electron chi connectivity index (χ3n) is 3.10. The van der Waals surface area contributed by atoms with Crippen LogP contribution in [0, 0.1) is 0 Å². The Morgan fingerprint density at radius 2 is 1.92 bits per heavy atom. The van der Waals surface area contributed by atoms with Gasteiger partial charge >= 0.3 is 6.18 Å². The van der Waals surface area contributed by atoms with Crippen LogP contribution in [-0.4, -0.2) is 36.1 Å². The number of aromatic nitrogens is 2. The number of nitrogens with one attached hydrogen (secondary N) is 2. The van der Waals surface area contributed by atoms with Gasteiger partial charge in [-0.25, -0.2) is 4.98 Å². The van der Waals surface area contributed by atoms with Crippen molar-refractivity contribution in [1.82, 2.24) is 20.6 Å². The van der Waals surface area contributed by atoms with Gasteiger partial charge in [-0.1, -0.05) is 6.07 Å². The number of pyridine rings is 2. The fraction of sp³-hybridized carbons (Fsp3) is 0.312. The van der Waals surface area contributed by atoms with Crippen LogP contribution in [0.2, 0.25) is 0 Å². The summed E-state index contributed by atoms with van der Waals surface area (Å²) < 4.78 is 43.6. The van der Waals surface area contributed by atoms with Gasteiger partial charge in [0, 0.05) is 19.4 Å². The second-order valence-electron chi connectivity index (χ2n) is 4.88. The molecule has 0 aliphatic carbocycles. The molecule has 134 valence electrons. The molecule has 0 fully saturated rings. The average Bonchev–Trinajstić information content (AvgIpc) is 2.61. The van der Waals surface area contributed by atoms with E-state index >= 15 is 0 Å². The summed E-state index contributed by atoms with van der Waals surface area (Å²) in [5, 5.41) is 5.99. The second-order valence-corrected chi connectivity index (χ2v) is 4.88. The van der Waals surface area contributed by atoms with Gasteiger partial charge in [0.2, 0.25) is 5.88 Å². The van der Waals surface area contributed by atoms with E-state index in [0.29, 0.717) is 12.5 Å². The fourth-order valence-corrected chi connectivity index (χ4v) is 1.94. The monoisotopic (exact) mass is 353 g/mol. The maximum absolute atomic E-state index is 12.8. The van der Waals surface area contributed by atoms with Crippen LogP contribution in [0.15, 0.2) is 47.7 Å². The molecule has 0 atom stereocenters. The van der Waals surface area contributed by atoms with E-state index in [-0.39, 0.29) is 13.2 Å². The first kappa shape index (κ1) is 18.5. The third-order valence-corrected chi connectivity index (χ3v) is 3.10. The van der Waals surface area contributed by atoms with Crippen LogP contribution in [0.5, 0.6) is 5.88 Å². The maximum Gasteiger partial charge on any atom is 0.421 e. The highest BCUT2D eigenvalue weighted by Gasteiger charge is 2.34. The zero-order valence-corrected chi connectivity index (χ0v) is 13.5. The first-order valence-corrected chi connectivity index (χ1v) is 7.50. The van der Waals surface area contributed by atoms with Gasteiger partial charge in [-0.3, -0.25) is 9.98 Å². The average molecular weight is 353 g/mol. The zero-order chi connectivity index (χ0) is 18.1. The quantitative estimate of drug-likeness (QED) is 0.473. The summed E-state index contributed by atoms with van der Waals surface area (Å²) >= 11 is 0. The second kappa shape index (κ2) is 8.86. The van der Waals surface area contributed by atoms with E-state index in [1.807, 2.05) is 18.2 Å². The Balaban J connectivity index is 1.78. The van der Waals surface area contributed by atoms with Crippen molar-refractivity contribution >= 4 is 5.96 Å². The van der Waals surface area contributed by atoms with Crippen LogP contribution in [0.25, 0.3) is 0 Å². The molecule has 0 aromatic carbocycles. The summed E-state index contributed by atoms with van der Waals surface area (Å²) in [5.74, 6) is 0.0551. The minimum atomic E-state index is -4.50. The van der Waals surface area contributed by atoms with E-state index in [1.165, 1.54) is 12.3 Å². The van der Waals surface area contributed by atoms with Gasteiger partial charge in [0.25, 0.3) is 0 Å². The molecule has 0 amide bonds. The number of halogens is 3. The number of guanidine groups is 1. The third kappa shape index (κ3) is 5.94. The van der Waals surface area contributed by atoms with Crippen molar-refractivity contribution in [3.8, 4) is 5.88 Å². The molecule has 2 rings (SSSR count). The molecule has 6 nitrogen and oxygen atoms in total. The summed E-state index contributed by atoms with van der Waals surface area (Å²) in [6.45, 7) is 0.736. The lowest BCUT2D eigenvalue weighted by molar-refractivity contribution is -0.139. The number of ether oxygens (including phenoxy) is 1. The summed E-state index contributed by atoms with van der Waals surface area (Å²) in [5.41, 5.74) is -0.0577. The van der Waals surface area contributed by atoms with Gasteiger partial charge in [0.05, 0.1) is 18.8 Å². The predicted molar refractivity (Wildman–Crippen MR) is 87.2 cm³/mol. The Morgan fingerprint density at radius 1 is 1.12 bits per heavy atom. The smallest absolute Gasteiger partial charge is 0.421 e. The highest BCUT2D eigenvalue weighted by molar-refractivity contribution is 5.79. The maximum atomic E-state index is 12.8. The van der Waals surface area contributed by atoms with E-state index in [0.717, 1.165) is 11.8 Å². The Morgan fingerprint density at radius 3 is 2.60 bits per heavy atom. The van der Waals surface area contributed by atoms with Gasteiger partial charge in [-0.15, -0.1) is 0 Å². The largest absolute Gasteiger partial charge is 0.475 e. The molecule has 2 heterocycles. The van der Waals surface area contributed by atoms with Gasteiger partial charge in [-0.2, -0.15) is 13.2 Å². The lowest BCUT2D eigenvalue weighted by Gasteiger charge is -2.14. The summed E-state index contributed by atoms with van der Waals surface area (Å²) in [4.78, 5) is 11.8. The summed E-state index contributed by atoms with van der Waals surface area (Å²) in [6.07, 6.45) is -1.56. The Hall–Kier alpha value is -2.84. The van der Waals surface area contributed by atoms with Crippen molar-refractivity contribution in [2.75, 3.05) is 20.2 Å². The predicted octanol–water partition coefficient (Wildman–Crippen LogP) is 2.24. The Labute approximate surface area is 143 Å².